The van der Waals surface area contributed by atoms with Gasteiger partial charge in [0.15, 0.2) is 5.78 Å². The molecule has 0 aromatic heterocycles. The van der Waals surface area contributed by atoms with Crippen LogP contribution in [0.15, 0.2) is 24.3 Å². The number of ether oxygens (including phenoxy) is 1. The maximum absolute atomic E-state index is 12.2. The highest BCUT2D eigenvalue weighted by Gasteiger charge is 2.15. The molecule has 1 unspecified atom stereocenters. The van der Waals surface area contributed by atoms with Crippen LogP contribution in [0.4, 0.5) is 0 Å². The van der Waals surface area contributed by atoms with Crippen LogP contribution in [0.3, 0.4) is 0 Å². The molecule has 1 rings (SSSR count). The summed E-state index contributed by atoms with van der Waals surface area (Å²) in [5.41, 5.74) is 2.01. The van der Waals surface area contributed by atoms with E-state index < -0.39 is 0 Å². The van der Waals surface area contributed by atoms with Crippen LogP contribution >= 0.6 is 0 Å². The Hall–Kier alpha value is -1.15. The van der Waals surface area contributed by atoms with E-state index >= 15 is 0 Å². The summed E-state index contributed by atoms with van der Waals surface area (Å²) in [5.74, 6) is 0.0867. The smallest absolute Gasteiger partial charge is 0.191 e. The van der Waals surface area contributed by atoms with Crippen LogP contribution in [0.5, 0.6) is 0 Å². The molecule has 0 bridgehead atoms. The third kappa shape index (κ3) is 6.90. The lowest BCUT2D eigenvalue weighted by Gasteiger charge is -2.12. The van der Waals surface area contributed by atoms with E-state index in [-0.39, 0.29) is 11.9 Å². The van der Waals surface area contributed by atoms with E-state index in [0.29, 0.717) is 6.61 Å². The Balaban J connectivity index is 2.24. The number of aryl methyl sites for hydroxylation is 1. The summed E-state index contributed by atoms with van der Waals surface area (Å²) < 4.78 is 5.67. The summed E-state index contributed by atoms with van der Waals surface area (Å²) in [6.07, 6.45) is 8.10. The molecule has 0 saturated carbocycles. The molecule has 1 atom stereocenters. The maximum Gasteiger partial charge on any atom is 0.191 e. The largest absolute Gasteiger partial charge is 0.370 e. The molecule has 2 nitrogen and oxygen atoms in total. The van der Waals surface area contributed by atoms with Crippen molar-refractivity contribution in [3.05, 3.63) is 35.4 Å². The molecule has 0 aliphatic rings. The predicted molar refractivity (Wildman–Crippen MR) is 88.9 cm³/mol. The Kier molecular flexibility index (Phi) is 9.00. The Morgan fingerprint density at radius 2 is 1.62 bits per heavy atom. The monoisotopic (exact) mass is 290 g/mol. The van der Waals surface area contributed by atoms with Crippen molar-refractivity contribution >= 4 is 5.78 Å². The van der Waals surface area contributed by atoms with Gasteiger partial charge in [0.25, 0.3) is 0 Å². The first-order chi connectivity index (χ1) is 10.2. The first kappa shape index (κ1) is 17.9. The third-order valence-corrected chi connectivity index (χ3v) is 3.88. The minimum Gasteiger partial charge on any atom is -0.370 e. The predicted octanol–water partition coefficient (Wildman–Crippen LogP) is 5.20. The van der Waals surface area contributed by atoms with E-state index in [2.05, 4.69) is 13.8 Å². The number of hydrogen-bond donors (Lipinski definition) is 0. The summed E-state index contributed by atoms with van der Waals surface area (Å²) in [6.45, 7) is 6.88. The molecule has 0 spiro atoms. The second-order valence-electron chi connectivity index (χ2n) is 5.70. The molecule has 0 aliphatic heterocycles. The van der Waals surface area contributed by atoms with Gasteiger partial charge in [-0.15, -0.1) is 0 Å². The molecule has 0 radical (unpaired) electrons. The Bertz CT molecular complexity index is 395. The molecule has 0 amide bonds. The molecule has 21 heavy (non-hydrogen) atoms. The van der Waals surface area contributed by atoms with Gasteiger partial charge in [-0.1, -0.05) is 70.2 Å². The van der Waals surface area contributed by atoms with Crippen molar-refractivity contribution < 1.29 is 9.53 Å². The molecule has 118 valence electrons. The van der Waals surface area contributed by atoms with Gasteiger partial charge < -0.3 is 4.74 Å². The summed E-state index contributed by atoms with van der Waals surface area (Å²) >= 11 is 0. The summed E-state index contributed by atoms with van der Waals surface area (Å²) in [4.78, 5) is 12.2. The van der Waals surface area contributed by atoms with Gasteiger partial charge in [-0.3, -0.25) is 4.79 Å². The first-order valence-corrected chi connectivity index (χ1v) is 8.43. The molecule has 0 aliphatic carbocycles. The molecule has 0 heterocycles. The van der Waals surface area contributed by atoms with Gasteiger partial charge in [0.05, 0.1) is 0 Å². The van der Waals surface area contributed by atoms with E-state index in [4.69, 9.17) is 4.74 Å². The van der Waals surface area contributed by atoms with Gasteiger partial charge in [0.2, 0.25) is 0 Å². The number of hydrogen-bond acceptors (Lipinski definition) is 2. The molecule has 1 aromatic carbocycles. The second kappa shape index (κ2) is 10.6. The van der Waals surface area contributed by atoms with Gasteiger partial charge >= 0.3 is 0 Å². The molecule has 0 fully saturated rings. The molecule has 0 N–H and O–H groups in total. The minimum atomic E-state index is -0.340. The normalized spacial score (nSPS) is 12.3. The zero-order valence-corrected chi connectivity index (χ0v) is 13.9. The van der Waals surface area contributed by atoms with Gasteiger partial charge in [-0.2, -0.15) is 0 Å². The standard InChI is InChI=1S/C19H30O2/c1-4-6-7-8-9-10-15-21-16(3)19(20)18-13-11-17(5-2)12-14-18/h11-14,16H,4-10,15H2,1-3H3. The molecule has 1 aromatic rings. The first-order valence-electron chi connectivity index (χ1n) is 8.43. The fraction of sp³-hybridized carbons (Fsp3) is 0.632. The number of unbranched alkanes of at least 4 members (excludes halogenated alkanes) is 5. The van der Waals surface area contributed by atoms with Crippen molar-refractivity contribution in [2.75, 3.05) is 6.61 Å². The van der Waals surface area contributed by atoms with Gasteiger partial charge in [-0.05, 0) is 25.3 Å². The zero-order valence-electron chi connectivity index (χ0n) is 13.9. The molecule has 2 heteroatoms. The number of carbonyl (C=O) groups is 1. The molecular weight excluding hydrogens is 260 g/mol. The van der Waals surface area contributed by atoms with Crippen molar-refractivity contribution in [3.63, 3.8) is 0 Å². The van der Waals surface area contributed by atoms with Gasteiger partial charge in [-0.25, -0.2) is 0 Å². The van der Waals surface area contributed by atoms with Crippen LogP contribution in [0.2, 0.25) is 0 Å². The van der Waals surface area contributed by atoms with Crippen molar-refractivity contribution in [1.29, 1.82) is 0 Å². The quantitative estimate of drug-likeness (QED) is 0.414. The lowest BCUT2D eigenvalue weighted by atomic mass is 10.0. The number of carbonyl (C=O) groups excluding carboxylic acids is 1. The van der Waals surface area contributed by atoms with Crippen molar-refractivity contribution in [2.24, 2.45) is 0 Å². The lowest BCUT2D eigenvalue weighted by Crippen LogP contribution is -2.21. The van der Waals surface area contributed by atoms with Crippen LogP contribution in [-0.4, -0.2) is 18.5 Å². The number of rotatable bonds is 11. The third-order valence-electron chi connectivity index (χ3n) is 3.88. The van der Waals surface area contributed by atoms with E-state index in [1.165, 1.54) is 37.7 Å². The topological polar surface area (TPSA) is 26.3 Å². The summed E-state index contributed by atoms with van der Waals surface area (Å²) in [5, 5.41) is 0. The highest BCUT2D eigenvalue weighted by molar-refractivity contribution is 5.99. The van der Waals surface area contributed by atoms with E-state index in [1.807, 2.05) is 31.2 Å². The minimum absolute atomic E-state index is 0.0867. The molecular formula is C19H30O2. The number of Topliss-reactive ketones (excluding diaryl/α,β-unsaturated/α-hetero) is 1. The second-order valence-corrected chi connectivity index (χ2v) is 5.70. The van der Waals surface area contributed by atoms with E-state index in [9.17, 15) is 4.79 Å². The highest BCUT2D eigenvalue weighted by atomic mass is 16.5. The van der Waals surface area contributed by atoms with Gasteiger partial charge in [0.1, 0.15) is 6.10 Å². The van der Waals surface area contributed by atoms with E-state index in [1.54, 1.807) is 0 Å². The van der Waals surface area contributed by atoms with Crippen LogP contribution in [0, 0.1) is 0 Å². The van der Waals surface area contributed by atoms with Crippen LogP contribution in [0.25, 0.3) is 0 Å². The fourth-order valence-electron chi connectivity index (χ4n) is 2.36. The van der Waals surface area contributed by atoms with Crippen molar-refractivity contribution in [3.8, 4) is 0 Å². The van der Waals surface area contributed by atoms with Crippen molar-refractivity contribution in [2.45, 2.75) is 71.8 Å². The lowest BCUT2D eigenvalue weighted by molar-refractivity contribution is 0.0464. The molecule has 0 saturated heterocycles. The average Bonchev–Trinajstić information content (AvgIpc) is 2.53. The van der Waals surface area contributed by atoms with Crippen molar-refractivity contribution in [1.82, 2.24) is 0 Å². The number of ketones is 1. The zero-order chi connectivity index (χ0) is 15.5. The van der Waals surface area contributed by atoms with Crippen LogP contribution < -0.4 is 0 Å². The Labute approximate surface area is 129 Å². The maximum atomic E-state index is 12.2. The van der Waals surface area contributed by atoms with Crippen LogP contribution in [-0.2, 0) is 11.2 Å². The highest BCUT2D eigenvalue weighted by Crippen LogP contribution is 2.11. The SMILES string of the molecule is CCCCCCCCOC(C)C(=O)c1ccc(CC)cc1. The van der Waals surface area contributed by atoms with E-state index in [0.717, 1.165) is 18.4 Å². The Morgan fingerprint density at radius 3 is 2.24 bits per heavy atom. The Morgan fingerprint density at radius 1 is 1.00 bits per heavy atom. The fourth-order valence-corrected chi connectivity index (χ4v) is 2.36. The summed E-state index contributed by atoms with van der Waals surface area (Å²) in [7, 11) is 0. The average molecular weight is 290 g/mol. The number of benzene rings is 1. The van der Waals surface area contributed by atoms with Gasteiger partial charge in [0, 0.05) is 12.2 Å². The van der Waals surface area contributed by atoms with Crippen LogP contribution in [0.1, 0.15) is 75.2 Å². The summed E-state index contributed by atoms with van der Waals surface area (Å²) in [6, 6.07) is 7.86.